The van der Waals surface area contributed by atoms with Gasteiger partial charge in [0, 0.05) is 45.1 Å². The van der Waals surface area contributed by atoms with Crippen molar-refractivity contribution < 1.29 is 19.1 Å². The average molecular weight is 563 g/mol. The number of amides is 1. The van der Waals surface area contributed by atoms with Gasteiger partial charge in [-0.3, -0.25) is 19.4 Å². The maximum Gasteiger partial charge on any atom is 0.307 e. The molecule has 0 aromatic heterocycles. The summed E-state index contributed by atoms with van der Waals surface area (Å²) < 4.78 is 11.6. The van der Waals surface area contributed by atoms with Crippen LogP contribution in [0.25, 0.3) is 0 Å². The van der Waals surface area contributed by atoms with Gasteiger partial charge in [0.25, 0.3) is 0 Å². The third kappa shape index (κ3) is 7.13. The molecule has 0 radical (unpaired) electrons. The largest absolute Gasteiger partial charge is 0.494 e. The van der Waals surface area contributed by atoms with Crippen molar-refractivity contribution in [2.24, 2.45) is 0 Å². The van der Waals surface area contributed by atoms with Crippen molar-refractivity contribution in [3.05, 3.63) is 52.0 Å². The van der Waals surface area contributed by atoms with Crippen molar-refractivity contribution in [1.29, 1.82) is 0 Å². The van der Waals surface area contributed by atoms with Crippen LogP contribution in [0, 0.1) is 0 Å². The normalized spacial score (nSPS) is 16.8. The number of ether oxygens (including phenoxy) is 2. The molecule has 0 spiro atoms. The van der Waals surface area contributed by atoms with Gasteiger partial charge >= 0.3 is 5.97 Å². The number of fused-ring (bicyclic) bond motifs is 1. The highest BCUT2D eigenvalue weighted by molar-refractivity contribution is 6.43. The fourth-order valence-electron chi connectivity index (χ4n) is 5.05. The minimum atomic E-state index is -0.647. The summed E-state index contributed by atoms with van der Waals surface area (Å²) in [4.78, 5) is 31.1. The molecule has 0 saturated carbocycles. The van der Waals surface area contributed by atoms with Gasteiger partial charge in [-0.05, 0) is 62.9 Å². The number of nitrogens with zero attached hydrogens (tertiary/aromatic N) is 3. The van der Waals surface area contributed by atoms with Gasteiger partial charge in [-0.1, -0.05) is 42.3 Å². The topological polar surface area (TPSA) is 62.3 Å². The number of esters is 1. The quantitative estimate of drug-likeness (QED) is 0.250. The first-order valence-corrected chi connectivity index (χ1v) is 14.3. The summed E-state index contributed by atoms with van der Waals surface area (Å²) >= 11 is 12.6. The number of hydrogen-bond donors (Lipinski definition) is 0. The van der Waals surface area contributed by atoms with Crippen LogP contribution < -0.4 is 14.5 Å². The Balaban J connectivity index is 1.22. The van der Waals surface area contributed by atoms with Crippen LogP contribution in [-0.4, -0.2) is 62.3 Å². The highest BCUT2D eigenvalue weighted by Crippen LogP contribution is 2.34. The van der Waals surface area contributed by atoms with Crippen LogP contribution in [0.4, 0.5) is 11.4 Å². The van der Waals surface area contributed by atoms with Gasteiger partial charge in [0.15, 0.2) is 6.23 Å². The molecular weight excluding hydrogens is 525 g/mol. The Kier molecular flexibility index (Phi) is 10.2. The first-order chi connectivity index (χ1) is 18.4. The molecule has 0 N–H and O–H groups in total. The molecule has 2 aromatic rings. The number of unbranched alkanes of at least 4 members (excludes halogenated alkanes) is 1. The maximum atomic E-state index is 12.7. The Bertz CT molecular complexity index is 1120. The van der Waals surface area contributed by atoms with Crippen molar-refractivity contribution in [3.8, 4) is 5.75 Å². The molecular formula is C29H37Cl2N3O4. The number of rotatable bonds is 11. The lowest BCUT2D eigenvalue weighted by Crippen LogP contribution is -2.46. The van der Waals surface area contributed by atoms with Gasteiger partial charge < -0.3 is 14.4 Å². The molecule has 7 nitrogen and oxygen atoms in total. The van der Waals surface area contributed by atoms with Gasteiger partial charge in [0.1, 0.15) is 5.75 Å². The lowest BCUT2D eigenvalue weighted by molar-refractivity contribution is -0.149. The number of benzene rings is 2. The third-order valence-corrected chi connectivity index (χ3v) is 7.90. The van der Waals surface area contributed by atoms with Gasteiger partial charge in [0.05, 0.1) is 28.0 Å². The molecule has 38 heavy (non-hydrogen) atoms. The van der Waals surface area contributed by atoms with Crippen LogP contribution >= 0.6 is 23.2 Å². The van der Waals surface area contributed by atoms with Crippen LogP contribution in [0.5, 0.6) is 5.75 Å². The molecule has 1 fully saturated rings. The Morgan fingerprint density at radius 1 is 1.03 bits per heavy atom. The Hall–Kier alpha value is -2.48. The fraction of sp³-hybridized carbons (Fsp3) is 0.517. The van der Waals surface area contributed by atoms with E-state index in [4.69, 9.17) is 32.7 Å². The van der Waals surface area contributed by atoms with E-state index in [1.165, 1.54) is 0 Å². The Morgan fingerprint density at radius 3 is 2.58 bits per heavy atom. The summed E-state index contributed by atoms with van der Waals surface area (Å²) in [5.41, 5.74) is 2.84. The highest BCUT2D eigenvalue weighted by atomic mass is 35.5. The molecule has 2 aromatic carbocycles. The van der Waals surface area contributed by atoms with Gasteiger partial charge in [-0.2, -0.15) is 0 Å². The summed E-state index contributed by atoms with van der Waals surface area (Å²) in [6.07, 6.45) is 3.46. The van der Waals surface area contributed by atoms with Crippen LogP contribution in [0.2, 0.25) is 10.0 Å². The molecule has 4 rings (SSSR count). The van der Waals surface area contributed by atoms with Crippen LogP contribution in [0.3, 0.4) is 0 Å². The molecule has 1 saturated heterocycles. The first kappa shape index (κ1) is 28.5. The van der Waals surface area contributed by atoms with Crippen molar-refractivity contribution >= 4 is 46.5 Å². The van der Waals surface area contributed by atoms with E-state index in [1.807, 2.05) is 43.3 Å². The lowest BCUT2D eigenvalue weighted by Gasteiger charge is -2.36. The summed E-state index contributed by atoms with van der Waals surface area (Å²) in [5.74, 6) is 0.397. The number of carbonyl (C=O) groups excluding carboxylic acids is 2. The van der Waals surface area contributed by atoms with E-state index in [0.717, 1.165) is 68.3 Å². The van der Waals surface area contributed by atoms with E-state index < -0.39 is 6.23 Å². The zero-order valence-electron chi connectivity index (χ0n) is 22.3. The summed E-state index contributed by atoms with van der Waals surface area (Å²) in [6, 6.07) is 11.7. The number of piperazine rings is 1. The smallest absolute Gasteiger partial charge is 0.307 e. The SMILES string of the molecule is CCCC(=O)OC(C)N1C(=O)CCc2ccc(OCCCCN3CCN(c4cccc(Cl)c4Cl)CC3)cc21. The zero-order valence-corrected chi connectivity index (χ0v) is 23.8. The third-order valence-electron chi connectivity index (χ3n) is 7.09. The monoisotopic (exact) mass is 561 g/mol. The predicted molar refractivity (Wildman–Crippen MR) is 153 cm³/mol. The molecule has 1 amide bonds. The summed E-state index contributed by atoms with van der Waals surface area (Å²) in [6.45, 7) is 9.12. The van der Waals surface area contributed by atoms with Crippen molar-refractivity contribution in [3.63, 3.8) is 0 Å². The molecule has 1 atom stereocenters. The molecule has 0 aliphatic carbocycles. The number of anilines is 2. The van der Waals surface area contributed by atoms with Crippen molar-refractivity contribution in [2.45, 2.75) is 58.6 Å². The molecule has 206 valence electrons. The predicted octanol–water partition coefficient (Wildman–Crippen LogP) is 5.94. The number of aryl methyl sites for hydroxylation is 1. The minimum absolute atomic E-state index is 0.0378. The van der Waals surface area contributed by atoms with Crippen molar-refractivity contribution in [2.75, 3.05) is 49.1 Å². The number of hydrogen-bond acceptors (Lipinski definition) is 6. The summed E-state index contributed by atoms with van der Waals surface area (Å²) in [5, 5.41) is 1.22. The molecule has 2 aliphatic heterocycles. The first-order valence-electron chi connectivity index (χ1n) is 13.6. The van der Waals surface area contributed by atoms with E-state index >= 15 is 0 Å². The van der Waals surface area contributed by atoms with E-state index in [-0.39, 0.29) is 11.9 Å². The lowest BCUT2D eigenvalue weighted by atomic mass is 10.0. The molecule has 2 aliphatic rings. The molecule has 2 heterocycles. The van der Waals surface area contributed by atoms with Gasteiger partial charge in [-0.25, -0.2) is 0 Å². The Labute approximate surface area is 235 Å². The van der Waals surface area contributed by atoms with E-state index in [1.54, 1.807) is 11.8 Å². The number of halogens is 2. The average Bonchev–Trinajstić information content (AvgIpc) is 2.90. The minimum Gasteiger partial charge on any atom is -0.494 e. The van der Waals surface area contributed by atoms with E-state index in [2.05, 4.69) is 9.80 Å². The molecule has 1 unspecified atom stereocenters. The van der Waals surface area contributed by atoms with Crippen molar-refractivity contribution in [1.82, 2.24) is 4.90 Å². The van der Waals surface area contributed by atoms with Crippen LogP contribution in [0.1, 0.15) is 51.5 Å². The second-order valence-electron chi connectivity index (χ2n) is 9.85. The van der Waals surface area contributed by atoms with Gasteiger partial charge in [-0.15, -0.1) is 0 Å². The second kappa shape index (κ2) is 13.5. The summed E-state index contributed by atoms with van der Waals surface area (Å²) in [7, 11) is 0. The second-order valence-corrected chi connectivity index (χ2v) is 10.6. The number of carbonyl (C=O) groups is 2. The zero-order chi connectivity index (χ0) is 27.1. The standard InChI is InChI=1S/C29H37Cl2N3O4/c1-3-7-28(36)38-21(2)34-26-20-23(12-10-22(26)11-13-27(34)35)37-19-5-4-14-32-15-17-33(18-16-32)25-9-6-8-24(30)29(25)31/h6,8-10,12,20-21H,3-5,7,11,13-19H2,1-2H3. The Morgan fingerprint density at radius 2 is 1.82 bits per heavy atom. The molecule has 0 bridgehead atoms. The van der Waals surface area contributed by atoms with E-state index in [0.29, 0.717) is 42.3 Å². The van der Waals surface area contributed by atoms with Crippen LogP contribution in [-0.2, 0) is 20.7 Å². The molecule has 9 heteroatoms. The highest BCUT2D eigenvalue weighted by Gasteiger charge is 2.30. The fourth-order valence-corrected chi connectivity index (χ4v) is 5.46. The maximum absolute atomic E-state index is 12.7. The van der Waals surface area contributed by atoms with Gasteiger partial charge in [0.2, 0.25) is 5.91 Å². The van der Waals surface area contributed by atoms with E-state index in [9.17, 15) is 9.59 Å². The van der Waals surface area contributed by atoms with Crippen LogP contribution in [0.15, 0.2) is 36.4 Å².